The van der Waals surface area contributed by atoms with Gasteiger partial charge in [-0.15, -0.1) is 11.8 Å². The Morgan fingerprint density at radius 2 is 2.40 bits per heavy atom. The van der Waals surface area contributed by atoms with Crippen LogP contribution in [0.4, 0.5) is 5.69 Å². The number of anilines is 1. The number of rotatable bonds is 3. The molecule has 1 fully saturated rings. The Morgan fingerprint density at radius 1 is 1.60 bits per heavy atom. The van der Waals surface area contributed by atoms with Gasteiger partial charge in [0.15, 0.2) is 0 Å². The molecule has 4 heteroatoms. The largest absolute Gasteiger partial charge is 0.325 e. The van der Waals surface area contributed by atoms with E-state index in [1.54, 1.807) is 11.8 Å². The summed E-state index contributed by atoms with van der Waals surface area (Å²) in [4.78, 5) is 12.8. The molecule has 1 aromatic rings. The van der Waals surface area contributed by atoms with Crippen molar-refractivity contribution in [3.63, 3.8) is 0 Å². The first-order valence-corrected chi connectivity index (χ1v) is 6.20. The fraction of sp³-hybridized carbons (Fsp3) is 0.364. The van der Waals surface area contributed by atoms with E-state index in [2.05, 4.69) is 10.6 Å². The van der Waals surface area contributed by atoms with Crippen LogP contribution < -0.4 is 10.6 Å². The van der Waals surface area contributed by atoms with E-state index < -0.39 is 0 Å². The van der Waals surface area contributed by atoms with Crippen LogP contribution in [0.2, 0.25) is 0 Å². The monoisotopic (exact) mass is 222 g/mol. The summed E-state index contributed by atoms with van der Waals surface area (Å²) < 4.78 is 0. The van der Waals surface area contributed by atoms with Crippen LogP contribution in [0.5, 0.6) is 0 Å². The average Bonchev–Trinajstić information content (AvgIpc) is 2.15. The summed E-state index contributed by atoms with van der Waals surface area (Å²) in [6.45, 7) is 0.947. The summed E-state index contributed by atoms with van der Waals surface area (Å²) in [5, 5.41) is 5.98. The minimum Gasteiger partial charge on any atom is -0.325 e. The third-order valence-corrected chi connectivity index (χ3v) is 3.20. The second-order valence-electron chi connectivity index (χ2n) is 3.52. The summed E-state index contributed by atoms with van der Waals surface area (Å²) in [6, 6.07) is 7.89. The fourth-order valence-electron chi connectivity index (χ4n) is 1.44. The SMILES string of the molecule is CSc1cccc(NC(=O)[C@H]2CCN2)c1. The number of carbonyl (C=O) groups is 1. The smallest absolute Gasteiger partial charge is 0.241 e. The molecule has 80 valence electrons. The van der Waals surface area contributed by atoms with Crippen molar-refractivity contribution < 1.29 is 4.79 Å². The zero-order valence-electron chi connectivity index (χ0n) is 8.62. The van der Waals surface area contributed by atoms with Gasteiger partial charge in [-0.1, -0.05) is 6.07 Å². The zero-order chi connectivity index (χ0) is 10.7. The van der Waals surface area contributed by atoms with Gasteiger partial charge in [0.05, 0.1) is 6.04 Å². The minimum absolute atomic E-state index is 0.00272. The van der Waals surface area contributed by atoms with Gasteiger partial charge < -0.3 is 10.6 Å². The molecule has 1 atom stereocenters. The lowest BCUT2D eigenvalue weighted by molar-refractivity contribution is -0.119. The van der Waals surface area contributed by atoms with E-state index in [0.717, 1.165) is 23.5 Å². The van der Waals surface area contributed by atoms with Crippen LogP contribution in [0.15, 0.2) is 29.2 Å². The third kappa shape index (κ3) is 2.52. The Bertz CT molecular complexity index is 363. The predicted octanol–water partition coefficient (Wildman–Crippen LogP) is 1.71. The molecule has 15 heavy (non-hydrogen) atoms. The molecule has 1 heterocycles. The number of hydrogen-bond acceptors (Lipinski definition) is 3. The number of carbonyl (C=O) groups excluding carboxylic acids is 1. The van der Waals surface area contributed by atoms with Gasteiger partial charge in [0.2, 0.25) is 5.91 Å². The average molecular weight is 222 g/mol. The van der Waals surface area contributed by atoms with Crippen LogP contribution in [0.3, 0.4) is 0 Å². The highest BCUT2D eigenvalue weighted by Gasteiger charge is 2.24. The Labute approximate surface area is 93.6 Å². The van der Waals surface area contributed by atoms with E-state index in [4.69, 9.17) is 0 Å². The molecule has 0 radical (unpaired) electrons. The molecule has 0 spiro atoms. The summed E-state index contributed by atoms with van der Waals surface area (Å²) in [6.07, 6.45) is 2.96. The molecule has 0 saturated carbocycles. The van der Waals surface area contributed by atoms with Gasteiger partial charge in [0.25, 0.3) is 0 Å². The fourth-order valence-corrected chi connectivity index (χ4v) is 1.90. The highest BCUT2D eigenvalue weighted by atomic mass is 32.2. The van der Waals surface area contributed by atoms with Crippen molar-refractivity contribution in [3.05, 3.63) is 24.3 Å². The highest BCUT2D eigenvalue weighted by molar-refractivity contribution is 7.98. The molecule has 3 nitrogen and oxygen atoms in total. The number of amides is 1. The Morgan fingerprint density at radius 3 is 3.00 bits per heavy atom. The molecule has 1 amide bonds. The molecule has 0 unspecified atom stereocenters. The number of thioether (sulfide) groups is 1. The maximum absolute atomic E-state index is 11.6. The topological polar surface area (TPSA) is 41.1 Å². The van der Waals surface area contributed by atoms with Crippen molar-refractivity contribution in [2.75, 3.05) is 18.1 Å². The van der Waals surface area contributed by atoms with E-state index in [1.165, 1.54) is 0 Å². The molecular weight excluding hydrogens is 208 g/mol. The summed E-state index contributed by atoms with van der Waals surface area (Å²) in [5.41, 5.74) is 0.876. The molecule has 1 aliphatic heterocycles. The molecular formula is C11H14N2OS. The lowest BCUT2D eigenvalue weighted by atomic mass is 10.1. The van der Waals surface area contributed by atoms with Gasteiger partial charge in [-0.2, -0.15) is 0 Å². The minimum atomic E-state index is 0.00272. The lowest BCUT2D eigenvalue weighted by Crippen LogP contribution is -2.50. The molecule has 0 aliphatic carbocycles. The highest BCUT2D eigenvalue weighted by Crippen LogP contribution is 2.19. The van der Waals surface area contributed by atoms with Gasteiger partial charge in [0.1, 0.15) is 0 Å². The number of nitrogens with one attached hydrogen (secondary N) is 2. The van der Waals surface area contributed by atoms with Gasteiger partial charge in [0, 0.05) is 10.6 Å². The summed E-state index contributed by atoms with van der Waals surface area (Å²) >= 11 is 1.67. The third-order valence-electron chi connectivity index (χ3n) is 2.48. The predicted molar refractivity (Wildman–Crippen MR) is 63.3 cm³/mol. The first-order chi connectivity index (χ1) is 7.29. The van der Waals surface area contributed by atoms with Gasteiger partial charge in [-0.25, -0.2) is 0 Å². The quantitative estimate of drug-likeness (QED) is 0.765. The van der Waals surface area contributed by atoms with E-state index >= 15 is 0 Å². The van der Waals surface area contributed by atoms with Crippen LogP contribution in [0.25, 0.3) is 0 Å². The van der Waals surface area contributed by atoms with Crippen molar-refractivity contribution in [1.29, 1.82) is 0 Å². The second kappa shape index (κ2) is 4.68. The van der Waals surface area contributed by atoms with Crippen molar-refractivity contribution in [2.45, 2.75) is 17.4 Å². The Kier molecular flexibility index (Phi) is 3.28. The maximum atomic E-state index is 11.6. The number of benzene rings is 1. The van der Waals surface area contributed by atoms with Crippen LogP contribution in [0.1, 0.15) is 6.42 Å². The summed E-state index contributed by atoms with van der Waals surface area (Å²) in [5.74, 6) is 0.0690. The van der Waals surface area contributed by atoms with Crippen LogP contribution in [0, 0.1) is 0 Å². The first-order valence-electron chi connectivity index (χ1n) is 4.98. The molecule has 1 aromatic carbocycles. The molecule has 2 rings (SSSR count). The molecule has 1 aliphatic rings. The van der Waals surface area contributed by atoms with Gasteiger partial charge in [-0.05, 0) is 37.4 Å². The van der Waals surface area contributed by atoms with Crippen LogP contribution >= 0.6 is 11.8 Å². The van der Waals surface area contributed by atoms with Crippen molar-refractivity contribution in [1.82, 2.24) is 5.32 Å². The van der Waals surface area contributed by atoms with Gasteiger partial charge in [-0.3, -0.25) is 4.79 Å². The molecule has 0 aromatic heterocycles. The number of hydrogen-bond donors (Lipinski definition) is 2. The van der Waals surface area contributed by atoms with E-state index in [0.29, 0.717) is 0 Å². The lowest BCUT2D eigenvalue weighted by Gasteiger charge is -2.26. The van der Waals surface area contributed by atoms with E-state index in [-0.39, 0.29) is 11.9 Å². The normalized spacial score (nSPS) is 19.4. The molecule has 0 bridgehead atoms. The van der Waals surface area contributed by atoms with Crippen LogP contribution in [-0.2, 0) is 4.79 Å². The van der Waals surface area contributed by atoms with Gasteiger partial charge >= 0.3 is 0 Å². The zero-order valence-corrected chi connectivity index (χ0v) is 9.43. The van der Waals surface area contributed by atoms with E-state index in [1.807, 2.05) is 30.5 Å². The van der Waals surface area contributed by atoms with Crippen molar-refractivity contribution in [3.8, 4) is 0 Å². The summed E-state index contributed by atoms with van der Waals surface area (Å²) in [7, 11) is 0. The maximum Gasteiger partial charge on any atom is 0.241 e. The Balaban J connectivity index is 1.99. The molecule has 2 N–H and O–H groups in total. The second-order valence-corrected chi connectivity index (χ2v) is 4.40. The first kappa shape index (κ1) is 10.5. The van der Waals surface area contributed by atoms with E-state index in [9.17, 15) is 4.79 Å². The Hall–Kier alpha value is -1.00. The van der Waals surface area contributed by atoms with Crippen molar-refractivity contribution >= 4 is 23.4 Å². The standard InChI is InChI=1S/C11H14N2OS/c1-15-9-4-2-3-8(7-9)13-11(14)10-5-6-12-10/h2-4,7,10,12H,5-6H2,1H3,(H,13,14)/t10-/m1/s1. The van der Waals surface area contributed by atoms with Crippen LogP contribution in [-0.4, -0.2) is 24.7 Å². The van der Waals surface area contributed by atoms with Crippen molar-refractivity contribution in [2.24, 2.45) is 0 Å². The molecule has 1 saturated heterocycles.